The predicted molar refractivity (Wildman–Crippen MR) is 94.6 cm³/mol. The molecule has 2 aromatic rings. The number of likely N-dealkylation sites (tertiary alicyclic amines) is 1. The second-order valence-electron chi connectivity index (χ2n) is 6.19. The molecule has 1 aromatic carbocycles. The highest BCUT2D eigenvalue weighted by Crippen LogP contribution is 2.11. The van der Waals surface area contributed by atoms with Crippen LogP contribution in [0.15, 0.2) is 53.3 Å². The van der Waals surface area contributed by atoms with Gasteiger partial charge in [-0.2, -0.15) is 0 Å². The quantitative estimate of drug-likeness (QED) is 0.849. The lowest BCUT2D eigenvalue weighted by atomic mass is 10.0. The van der Waals surface area contributed by atoms with Gasteiger partial charge in [-0.1, -0.05) is 18.2 Å². The highest BCUT2D eigenvalue weighted by atomic mass is 16.3. The van der Waals surface area contributed by atoms with E-state index in [2.05, 4.69) is 10.6 Å². The van der Waals surface area contributed by atoms with Crippen LogP contribution in [0.5, 0.6) is 0 Å². The van der Waals surface area contributed by atoms with Gasteiger partial charge in [0.05, 0.1) is 18.4 Å². The largest absolute Gasteiger partial charge is 0.472 e. The van der Waals surface area contributed by atoms with E-state index in [0.717, 1.165) is 0 Å². The molecule has 0 unspecified atom stereocenters. The van der Waals surface area contributed by atoms with Crippen LogP contribution in [0.3, 0.4) is 0 Å². The Bertz CT molecular complexity index is 750. The van der Waals surface area contributed by atoms with Crippen molar-refractivity contribution in [1.29, 1.82) is 0 Å². The fraction of sp³-hybridized carbons (Fsp3) is 0.316. The lowest BCUT2D eigenvalue weighted by Gasteiger charge is -2.32. The maximum Gasteiger partial charge on any atom is 0.254 e. The van der Waals surface area contributed by atoms with E-state index in [4.69, 9.17) is 4.42 Å². The maximum atomic E-state index is 12.2. The molecule has 1 aromatic heterocycles. The summed E-state index contributed by atoms with van der Waals surface area (Å²) < 4.78 is 4.84. The Labute approximate surface area is 151 Å². The monoisotopic (exact) mass is 355 g/mol. The number of benzene rings is 1. The topological polar surface area (TPSA) is 91.7 Å². The van der Waals surface area contributed by atoms with Crippen molar-refractivity contribution in [3.8, 4) is 0 Å². The van der Waals surface area contributed by atoms with Crippen LogP contribution < -0.4 is 10.6 Å². The Hall–Kier alpha value is -3.09. The number of furan rings is 1. The molecule has 26 heavy (non-hydrogen) atoms. The zero-order chi connectivity index (χ0) is 18.4. The molecule has 1 aliphatic heterocycles. The van der Waals surface area contributed by atoms with Gasteiger partial charge in [0.1, 0.15) is 6.26 Å². The van der Waals surface area contributed by atoms with Crippen LogP contribution in [0, 0.1) is 0 Å². The Morgan fingerprint density at radius 3 is 2.38 bits per heavy atom. The molecular formula is C19H21N3O4. The summed E-state index contributed by atoms with van der Waals surface area (Å²) in [5.41, 5.74) is 1.02. The summed E-state index contributed by atoms with van der Waals surface area (Å²) in [7, 11) is 0. The third-order valence-corrected chi connectivity index (χ3v) is 4.40. The first-order chi connectivity index (χ1) is 12.6. The molecule has 136 valence electrons. The van der Waals surface area contributed by atoms with Gasteiger partial charge in [-0.25, -0.2) is 0 Å². The number of nitrogens with one attached hydrogen (secondary N) is 2. The van der Waals surface area contributed by atoms with Crippen molar-refractivity contribution in [2.45, 2.75) is 18.9 Å². The molecule has 3 rings (SSSR count). The highest BCUT2D eigenvalue weighted by molar-refractivity contribution is 5.96. The van der Waals surface area contributed by atoms with E-state index in [9.17, 15) is 14.4 Å². The zero-order valence-electron chi connectivity index (χ0n) is 14.3. The molecule has 0 spiro atoms. The number of hydrogen-bond acceptors (Lipinski definition) is 4. The van der Waals surface area contributed by atoms with Crippen LogP contribution >= 0.6 is 0 Å². The van der Waals surface area contributed by atoms with Crippen molar-refractivity contribution < 1.29 is 18.8 Å². The molecule has 7 heteroatoms. The average molecular weight is 355 g/mol. The third kappa shape index (κ3) is 4.50. The van der Waals surface area contributed by atoms with Gasteiger partial charge < -0.3 is 20.0 Å². The number of nitrogens with zero attached hydrogens (tertiary/aromatic N) is 1. The zero-order valence-corrected chi connectivity index (χ0v) is 14.3. The first-order valence-electron chi connectivity index (χ1n) is 8.57. The highest BCUT2D eigenvalue weighted by Gasteiger charge is 2.24. The van der Waals surface area contributed by atoms with Gasteiger partial charge in [0.15, 0.2) is 0 Å². The summed E-state index contributed by atoms with van der Waals surface area (Å²) in [5, 5.41) is 5.59. The SMILES string of the molecule is O=C(NCC(=O)N1CCC(NC(=O)c2ccccc2)CC1)c1ccoc1. The molecule has 3 amide bonds. The Kier molecular flexibility index (Phi) is 5.68. The van der Waals surface area contributed by atoms with Gasteiger partial charge in [-0.15, -0.1) is 0 Å². The van der Waals surface area contributed by atoms with Gasteiger partial charge in [0.2, 0.25) is 5.91 Å². The van der Waals surface area contributed by atoms with Gasteiger partial charge in [0, 0.05) is 24.7 Å². The van der Waals surface area contributed by atoms with Crippen LogP contribution in [0.25, 0.3) is 0 Å². The first-order valence-corrected chi connectivity index (χ1v) is 8.57. The number of carbonyl (C=O) groups is 3. The van der Waals surface area contributed by atoms with Gasteiger partial charge in [-0.05, 0) is 31.0 Å². The summed E-state index contributed by atoms with van der Waals surface area (Å²) in [6.07, 6.45) is 4.13. The molecule has 0 saturated carbocycles. The average Bonchev–Trinajstić information content (AvgIpc) is 3.22. The Balaban J connectivity index is 1.41. The van der Waals surface area contributed by atoms with Gasteiger partial charge in [-0.3, -0.25) is 14.4 Å². The first kappa shape index (κ1) is 17.7. The number of carbonyl (C=O) groups excluding carboxylic acids is 3. The normalized spacial score (nSPS) is 14.7. The smallest absolute Gasteiger partial charge is 0.254 e. The summed E-state index contributed by atoms with van der Waals surface area (Å²) in [6, 6.07) is 10.7. The summed E-state index contributed by atoms with van der Waals surface area (Å²) in [5.74, 6) is -0.561. The molecule has 2 N–H and O–H groups in total. The summed E-state index contributed by atoms with van der Waals surface area (Å²) >= 11 is 0. The van der Waals surface area contributed by atoms with Crippen LogP contribution in [0.2, 0.25) is 0 Å². The van der Waals surface area contributed by atoms with E-state index in [0.29, 0.717) is 37.1 Å². The second kappa shape index (κ2) is 8.33. The van der Waals surface area contributed by atoms with E-state index < -0.39 is 0 Å². The molecular weight excluding hydrogens is 334 g/mol. The molecule has 0 radical (unpaired) electrons. The van der Waals surface area contributed by atoms with Crippen molar-refractivity contribution in [2.24, 2.45) is 0 Å². The Morgan fingerprint density at radius 2 is 1.73 bits per heavy atom. The standard InChI is InChI=1S/C19H21N3O4/c23-17(12-20-18(24)15-8-11-26-13-15)22-9-6-16(7-10-22)21-19(25)14-4-2-1-3-5-14/h1-5,8,11,13,16H,6-7,9-10,12H2,(H,20,24)(H,21,25). The van der Waals surface area contributed by atoms with E-state index in [1.807, 2.05) is 18.2 Å². The molecule has 1 fully saturated rings. The molecule has 2 heterocycles. The summed E-state index contributed by atoms with van der Waals surface area (Å²) in [4.78, 5) is 37.9. The molecule has 0 aliphatic carbocycles. The van der Waals surface area contributed by atoms with Crippen molar-refractivity contribution in [3.63, 3.8) is 0 Å². The number of hydrogen-bond donors (Lipinski definition) is 2. The molecule has 0 bridgehead atoms. The predicted octanol–water partition coefficient (Wildman–Crippen LogP) is 1.43. The molecule has 7 nitrogen and oxygen atoms in total. The minimum absolute atomic E-state index is 0.0484. The molecule has 1 aliphatic rings. The van der Waals surface area contributed by atoms with Crippen molar-refractivity contribution in [3.05, 3.63) is 60.1 Å². The third-order valence-electron chi connectivity index (χ3n) is 4.40. The van der Waals surface area contributed by atoms with Crippen LogP contribution in [0.1, 0.15) is 33.6 Å². The van der Waals surface area contributed by atoms with E-state index in [1.165, 1.54) is 12.5 Å². The number of rotatable bonds is 5. The number of piperidine rings is 1. The van der Waals surface area contributed by atoms with E-state index in [1.54, 1.807) is 23.1 Å². The molecule has 1 saturated heterocycles. The fourth-order valence-electron chi connectivity index (χ4n) is 2.89. The van der Waals surface area contributed by atoms with E-state index >= 15 is 0 Å². The molecule has 0 atom stereocenters. The minimum atomic E-state index is -0.336. The van der Waals surface area contributed by atoms with Crippen LogP contribution in [-0.2, 0) is 4.79 Å². The van der Waals surface area contributed by atoms with Gasteiger partial charge >= 0.3 is 0 Å². The van der Waals surface area contributed by atoms with Crippen LogP contribution in [-0.4, -0.2) is 48.3 Å². The fourth-order valence-corrected chi connectivity index (χ4v) is 2.89. The lowest BCUT2D eigenvalue weighted by molar-refractivity contribution is -0.131. The van der Waals surface area contributed by atoms with Crippen molar-refractivity contribution in [1.82, 2.24) is 15.5 Å². The maximum absolute atomic E-state index is 12.2. The second-order valence-corrected chi connectivity index (χ2v) is 6.19. The minimum Gasteiger partial charge on any atom is -0.472 e. The van der Waals surface area contributed by atoms with E-state index in [-0.39, 0.29) is 30.3 Å². The van der Waals surface area contributed by atoms with Crippen LogP contribution in [0.4, 0.5) is 0 Å². The van der Waals surface area contributed by atoms with Crippen molar-refractivity contribution >= 4 is 17.7 Å². The Morgan fingerprint density at radius 1 is 1.00 bits per heavy atom. The number of amides is 3. The lowest BCUT2D eigenvalue weighted by Crippen LogP contribution is -2.49. The van der Waals surface area contributed by atoms with Crippen molar-refractivity contribution in [2.75, 3.05) is 19.6 Å². The van der Waals surface area contributed by atoms with Gasteiger partial charge in [0.25, 0.3) is 11.8 Å². The summed E-state index contributed by atoms with van der Waals surface area (Å²) in [6.45, 7) is 1.06.